The average molecular weight is 250 g/mol. The number of amides is 1. The summed E-state index contributed by atoms with van der Waals surface area (Å²) in [4.78, 5) is 18.7. The van der Waals surface area contributed by atoms with E-state index in [1.54, 1.807) is 30.7 Å². The highest BCUT2D eigenvalue weighted by Gasteiger charge is 2.08. The van der Waals surface area contributed by atoms with Crippen molar-refractivity contribution in [3.05, 3.63) is 52.6 Å². The van der Waals surface area contributed by atoms with Crippen LogP contribution in [0.15, 0.2) is 30.7 Å². The minimum Gasteiger partial charge on any atom is -0.347 e. The Balaban J connectivity index is 2.04. The number of nitrogens with one attached hydrogen (secondary N) is 2. The molecule has 0 radical (unpaired) electrons. The summed E-state index contributed by atoms with van der Waals surface area (Å²) >= 11 is 5.83. The number of benzene rings is 1. The molecule has 17 heavy (non-hydrogen) atoms. The summed E-state index contributed by atoms with van der Waals surface area (Å²) in [5.74, 6) is -0.117. The van der Waals surface area contributed by atoms with Crippen LogP contribution in [-0.2, 0) is 6.54 Å². The monoisotopic (exact) mass is 249 g/mol. The van der Waals surface area contributed by atoms with Gasteiger partial charge >= 0.3 is 0 Å². The Morgan fingerprint density at radius 3 is 3.00 bits per heavy atom. The van der Waals surface area contributed by atoms with Crippen molar-refractivity contribution in [1.82, 2.24) is 15.3 Å². The first-order valence-electron chi connectivity index (χ1n) is 5.18. The maximum absolute atomic E-state index is 11.9. The highest BCUT2D eigenvalue weighted by Crippen LogP contribution is 2.15. The van der Waals surface area contributed by atoms with Gasteiger partial charge in [-0.3, -0.25) is 4.79 Å². The van der Waals surface area contributed by atoms with Crippen molar-refractivity contribution in [1.29, 1.82) is 0 Å². The summed E-state index contributed by atoms with van der Waals surface area (Å²) in [7, 11) is 0. The molecule has 0 fully saturated rings. The molecule has 1 amide bonds. The van der Waals surface area contributed by atoms with E-state index >= 15 is 0 Å². The van der Waals surface area contributed by atoms with Crippen molar-refractivity contribution >= 4 is 17.5 Å². The highest BCUT2D eigenvalue weighted by atomic mass is 35.5. The molecular weight excluding hydrogens is 238 g/mol. The number of carbonyl (C=O) groups excluding carboxylic acids is 1. The molecule has 1 heterocycles. The fourth-order valence-electron chi connectivity index (χ4n) is 1.53. The van der Waals surface area contributed by atoms with Crippen LogP contribution in [0.1, 0.15) is 21.6 Å². The SMILES string of the molecule is Cc1cc(Cl)ccc1C(=O)NCc1cnc[nH]1. The van der Waals surface area contributed by atoms with Gasteiger partial charge in [0.05, 0.1) is 18.6 Å². The lowest BCUT2D eigenvalue weighted by atomic mass is 10.1. The van der Waals surface area contributed by atoms with Crippen molar-refractivity contribution in [3.8, 4) is 0 Å². The Kier molecular flexibility index (Phi) is 3.44. The zero-order chi connectivity index (χ0) is 12.3. The van der Waals surface area contributed by atoms with Crippen LogP contribution in [0.3, 0.4) is 0 Å². The van der Waals surface area contributed by atoms with Crippen LogP contribution < -0.4 is 5.32 Å². The minimum absolute atomic E-state index is 0.117. The Hall–Kier alpha value is -1.81. The second-order valence-electron chi connectivity index (χ2n) is 3.72. The molecule has 0 bridgehead atoms. The Labute approximate surface area is 104 Å². The van der Waals surface area contributed by atoms with Gasteiger partial charge in [0.2, 0.25) is 0 Å². The van der Waals surface area contributed by atoms with Crippen LogP contribution in [0.5, 0.6) is 0 Å². The lowest BCUT2D eigenvalue weighted by molar-refractivity contribution is 0.0950. The van der Waals surface area contributed by atoms with Crippen molar-refractivity contribution in [2.75, 3.05) is 0 Å². The van der Waals surface area contributed by atoms with E-state index in [1.807, 2.05) is 6.92 Å². The highest BCUT2D eigenvalue weighted by molar-refractivity contribution is 6.30. The molecule has 2 rings (SSSR count). The molecule has 0 aliphatic rings. The standard InChI is InChI=1S/C12H12ClN3O/c1-8-4-9(13)2-3-11(8)12(17)15-6-10-5-14-7-16-10/h2-5,7H,6H2,1H3,(H,14,16)(H,15,17). The first-order valence-corrected chi connectivity index (χ1v) is 5.56. The predicted molar refractivity (Wildman–Crippen MR) is 65.9 cm³/mol. The van der Waals surface area contributed by atoms with Crippen LogP contribution in [0.4, 0.5) is 0 Å². The van der Waals surface area contributed by atoms with Crippen molar-refractivity contribution in [2.45, 2.75) is 13.5 Å². The molecule has 0 saturated carbocycles. The quantitative estimate of drug-likeness (QED) is 0.877. The predicted octanol–water partition coefficient (Wildman–Crippen LogP) is 2.30. The number of imidazole rings is 1. The molecule has 4 nitrogen and oxygen atoms in total. The third-order valence-corrected chi connectivity index (χ3v) is 2.66. The van der Waals surface area contributed by atoms with Gasteiger partial charge in [-0.2, -0.15) is 0 Å². The zero-order valence-electron chi connectivity index (χ0n) is 9.33. The van der Waals surface area contributed by atoms with E-state index in [-0.39, 0.29) is 5.91 Å². The largest absolute Gasteiger partial charge is 0.347 e. The van der Waals surface area contributed by atoms with Crippen LogP contribution in [0.25, 0.3) is 0 Å². The summed E-state index contributed by atoms with van der Waals surface area (Å²) in [6.07, 6.45) is 3.25. The topological polar surface area (TPSA) is 57.8 Å². The number of aromatic amines is 1. The number of halogens is 1. The van der Waals surface area contributed by atoms with E-state index in [9.17, 15) is 4.79 Å². The van der Waals surface area contributed by atoms with Crippen LogP contribution in [0.2, 0.25) is 5.02 Å². The molecule has 0 aliphatic carbocycles. The fourth-order valence-corrected chi connectivity index (χ4v) is 1.76. The molecule has 1 aromatic carbocycles. The molecule has 0 aliphatic heterocycles. The minimum atomic E-state index is -0.117. The first kappa shape index (κ1) is 11.7. The smallest absolute Gasteiger partial charge is 0.251 e. The molecule has 0 spiro atoms. The molecule has 5 heteroatoms. The molecular formula is C12H12ClN3O. The van der Waals surface area contributed by atoms with Gasteiger partial charge in [-0.15, -0.1) is 0 Å². The number of hydrogen-bond donors (Lipinski definition) is 2. The summed E-state index contributed by atoms with van der Waals surface area (Å²) < 4.78 is 0. The van der Waals surface area contributed by atoms with Gasteiger partial charge in [0.15, 0.2) is 0 Å². The summed E-state index contributed by atoms with van der Waals surface area (Å²) in [6, 6.07) is 5.20. The van der Waals surface area contributed by atoms with Gasteiger partial charge in [-0.1, -0.05) is 11.6 Å². The normalized spacial score (nSPS) is 10.2. The van der Waals surface area contributed by atoms with Crippen molar-refractivity contribution in [3.63, 3.8) is 0 Å². The second-order valence-corrected chi connectivity index (χ2v) is 4.16. The molecule has 0 atom stereocenters. The third kappa shape index (κ3) is 2.85. The molecule has 0 saturated heterocycles. The van der Waals surface area contributed by atoms with E-state index in [0.717, 1.165) is 11.3 Å². The van der Waals surface area contributed by atoms with Gasteiger partial charge in [0, 0.05) is 16.8 Å². The van der Waals surface area contributed by atoms with E-state index in [0.29, 0.717) is 17.1 Å². The molecule has 2 N–H and O–H groups in total. The van der Waals surface area contributed by atoms with Crippen LogP contribution >= 0.6 is 11.6 Å². The zero-order valence-corrected chi connectivity index (χ0v) is 10.1. The number of H-pyrrole nitrogens is 1. The number of rotatable bonds is 3. The van der Waals surface area contributed by atoms with Crippen molar-refractivity contribution < 1.29 is 4.79 Å². The average Bonchev–Trinajstić information content (AvgIpc) is 2.78. The molecule has 1 aromatic heterocycles. The molecule has 2 aromatic rings. The van der Waals surface area contributed by atoms with Gasteiger partial charge in [-0.05, 0) is 30.7 Å². The number of carbonyl (C=O) groups is 1. The Morgan fingerprint density at radius 1 is 1.53 bits per heavy atom. The number of hydrogen-bond acceptors (Lipinski definition) is 2. The number of nitrogens with zero attached hydrogens (tertiary/aromatic N) is 1. The van der Waals surface area contributed by atoms with E-state index in [2.05, 4.69) is 15.3 Å². The van der Waals surface area contributed by atoms with Gasteiger partial charge < -0.3 is 10.3 Å². The Morgan fingerprint density at radius 2 is 2.35 bits per heavy atom. The summed E-state index contributed by atoms with van der Waals surface area (Å²) in [5, 5.41) is 3.44. The molecule has 88 valence electrons. The van der Waals surface area contributed by atoms with Gasteiger partial charge in [0.1, 0.15) is 0 Å². The Bertz CT molecular complexity index is 523. The number of aromatic nitrogens is 2. The maximum Gasteiger partial charge on any atom is 0.251 e. The van der Waals surface area contributed by atoms with E-state index < -0.39 is 0 Å². The van der Waals surface area contributed by atoms with E-state index in [1.165, 1.54) is 0 Å². The van der Waals surface area contributed by atoms with Gasteiger partial charge in [0.25, 0.3) is 5.91 Å². The van der Waals surface area contributed by atoms with Crippen molar-refractivity contribution in [2.24, 2.45) is 0 Å². The third-order valence-electron chi connectivity index (χ3n) is 2.43. The summed E-state index contributed by atoms with van der Waals surface area (Å²) in [5.41, 5.74) is 2.36. The van der Waals surface area contributed by atoms with E-state index in [4.69, 9.17) is 11.6 Å². The maximum atomic E-state index is 11.9. The van der Waals surface area contributed by atoms with Crippen LogP contribution in [0, 0.1) is 6.92 Å². The molecule has 0 unspecified atom stereocenters. The van der Waals surface area contributed by atoms with Gasteiger partial charge in [-0.25, -0.2) is 4.98 Å². The lowest BCUT2D eigenvalue weighted by Crippen LogP contribution is -2.23. The van der Waals surface area contributed by atoms with Crippen LogP contribution in [-0.4, -0.2) is 15.9 Å². The second kappa shape index (κ2) is 5.01. The number of aryl methyl sites for hydroxylation is 1. The first-order chi connectivity index (χ1) is 8.16. The fraction of sp³-hybridized carbons (Fsp3) is 0.167. The lowest BCUT2D eigenvalue weighted by Gasteiger charge is -2.06. The summed E-state index contributed by atoms with van der Waals surface area (Å²) in [6.45, 7) is 2.29.